The Bertz CT molecular complexity index is 1020. The van der Waals surface area contributed by atoms with E-state index >= 15 is 0 Å². The fraction of sp³-hybridized carbons (Fsp3) is 0.0909. The van der Waals surface area contributed by atoms with Gasteiger partial charge in [0, 0.05) is 5.56 Å². The molecule has 29 heavy (non-hydrogen) atoms. The Morgan fingerprint density at radius 3 is 2.17 bits per heavy atom. The van der Waals surface area contributed by atoms with Crippen LogP contribution in [0.15, 0.2) is 72.8 Å². The number of benzene rings is 3. The lowest BCUT2D eigenvalue weighted by atomic mass is 10.1. The first-order valence-corrected chi connectivity index (χ1v) is 8.86. The molecule has 0 saturated carbocycles. The van der Waals surface area contributed by atoms with E-state index in [0.29, 0.717) is 28.3 Å². The van der Waals surface area contributed by atoms with Crippen molar-refractivity contribution in [2.45, 2.75) is 0 Å². The molecule has 0 atom stereocenters. The van der Waals surface area contributed by atoms with E-state index in [4.69, 9.17) is 9.47 Å². The number of hydrazine groups is 1. The zero-order valence-corrected chi connectivity index (χ0v) is 16.1. The highest BCUT2D eigenvalue weighted by atomic mass is 16.5. The van der Waals surface area contributed by atoms with Crippen LogP contribution in [0.4, 0.5) is 11.4 Å². The molecule has 0 spiro atoms. The van der Waals surface area contributed by atoms with E-state index in [2.05, 4.69) is 16.2 Å². The Morgan fingerprint density at radius 1 is 0.724 bits per heavy atom. The molecule has 0 aliphatic heterocycles. The lowest BCUT2D eigenvalue weighted by Crippen LogP contribution is -2.41. The average molecular weight is 391 g/mol. The molecule has 7 nitrogen and oxygen atoms in total. The number of rotatable bonds is 6. The number of ether oxygens (including phenoxy) is 2. The van der Waals surface area contributed by atoms with Crippen molar-refractivity contribution in [2.24, 2.45) is 0 Å². The number of carbonyl (C=O) groups is 2. The van der Waals surface area contributed by atoms with E-state index in [1.165, 1.54) is 7.11 Å². The zero-order valence-electron chi connectivity index (χ0n) is 16.1. The fourth-order valence-corrected chi connectivity index (χ4v) is 2.70. The first kappa shape index (κ1) is 19.8. The Labute approximate surface area is 168 Å². The van der Waals surface area contributed by atoms with E-state index in [9.17, 15) is 9.59 Å². The minimum Gasteiger partial charge on any atom is -0.497 e. The second kappa shape index (κ2) is 9.27. The van der Waals surface area contributed by atoms with Crippen molar-refractivity contribution in [3.63, 3.8) is 0 Å². The summed E-state index contributed by atoms with van der Waals surface area (Å²) >= 11 is 0. The van der Waals surface area contributed by atoms with E-state index in [-0.39, 0.29) is 0 Å². The van der Waals surface area contributed by atoms with Crippen molar-refractivity contribution in [3.05, 3.63) is 83.9 Å². The molecule has 0 aliphatic rings. The summed E-state index contributed by atoms with van der Waals surface area (Å²) in [5.74, 6) is 0.288. The summed E-state index contributed by atoms with van der Waals surface area (Å²) in [7, 11) is 3.09. The molecule has 3 aromatic carbocycles. The normalized spacial score (nSPS) is 10.0. The third-order valence-electron chi connectivity index (χ3n) is 4.17. The highest BCUT2D eigenvalue weighted by Gasteiger charge is 2.14. The van der Waals surface area contributed by atoms with Gasteiger partial charge in [0.25, 0.3) is 11.8 Å². The summed E-state index contributed by atoms with van der Waals surface area (Å²) in [6.07, 6.45) is 0. The average Bonchev–Trinajstić information content (AvgIpc) is 2.78. The third-order valence-corrected chi connectivity index (χ3v) is 4.17. The Kier molecular flexibility index (Phi) is 6.32. The van der Waals surface area contributed by atoms with Gasteiger partial charge in [-0.1, -0.05) is 30.3 Å². The quantitative estimate of drug-likeness (QED) is 0.560. The maximum absolute atomic E-state index is 12.6. The summed E-state index contributed by atoms with van der Waals surface area (Å²) in [5.41, 5.74) is 6.88. The number of hydrogen-bond donors (Lipinski definition) is 3. The zero-order chi connectivity index (χ0) is 20.6. The van der Waals surface area contributed by atoms with Gasteiger partial charge in [0.2, 0.25) is 0 Å². The van der Waals surface area contributed by atoms with Crippen LogP contribution in [0.2, 0.25) is 0 Å². The van der Waals surface area contributed by atoms with Gasteiger partial charge in [0.05, 0.1) is 31.2 Å². The lowest BCUT2D eigenvalue weighted by Gasteiger charge is -2.15. The maximum atomic E-state index is 12.6. The van der Waals surface area contributed by atoms with Gasteiger partial charge in [-0.25, -0.2) is 0 Å². The van der Waals surface area contributed by atoms with Crippen molar-refractivity contribution < 1.29 is 19.1 Å². The minimum absolute atomic E-state index is 0.365. The second-order valence-corrected chi connectivity index (χ2v) is 6.01. The summed E-state index contributed by atoms with van der Waals surface area (Å²) in [6.45, 7) is 0. The monoisotopic (exact) mass is 391 g/mol. The van der Waals surface area contributed by atoms with Gasteiger partial charge < -0.3 is 14.8 Å². The standard InChI is InChI=1S/C22H21N3O4/c1-28-16-9-7-8-15(14-16)21(26)24-25-22(27)17-10-3-4-11-18(17)23-19-12-5-6-13-20(19)29-2/h3-14,23H,1-2H3,(H,24,26)(H,25,27). The molecule has 3 N–H and O–H groups in total. The van der Waals surface area contributed by atoms with E-state index in [1.807, 2.05) is 30.3 Å². The lowest BCUT2D eigenvalue weighted by molar-refractivity contribution is 0.0847. The maximum Gasteiger partial charge on any atom is 0.271 e. The molecule has 7 heteroatoms. The number of methoxy groups -OCH3 is 2. The summed E-state index contributed by atoms with van der Waals surface area (Å²) in [5, 5.41) is 3.19. The van der Waals surface area contributed by atoms with E-state index in [0.717, 1.165) is 5.69 Å². The number of para-hydroxylation sites is 3. The first-order chi connectivity index (χ1) is 14.1. The molecule has 0 fully saturated rings. The molecule has 0 bridgehead atoms. The minimum atomic E-state index is -0.459. The van der Waals surface area contributed by atoms with Gasteiger partial charge in [-0.3, -0.25) is 20.4 Å². The largest absolute Gasteiger partial charge is 0.497 e. The highest BCUT2D eigenvalue weighted by Crippen LogP contribution is 2.28. The molecule has 0 radical (unpaired) electrons. The van der Waals surface area contributed by atoms with Gasteiger partial charge in [0.1, 0.15) is 11.5 Å². The second-order valence-electron chi connectivity index (χ2n) is 6.01. The van der Waals surface area contributed by atoms with Crippen molar-refractivity contribution in [1.29, 1.82) is 0 Å². The van der Waals surface area contributed by atoms with E-state index < -0.39 is 11.8 Å². The number of nitrogens with one attached hydrogen (secondary N) is 3. The SMILES string of the molecule is COc1cccc(C(=O)NNC(=O)c2ccccc2Nc2ccccc2OC)c1. The van der Waals surface area contributed by atoms with Crippen LogP contribution in [-0.2, 0) is 0 Å². The predicted octanol–water partition coefficient (Wildman–Crippen LogP) is 3.52. The molecule has 0 aliphatic carbocycles. The van der Waals surface area contributed by atoms with E-state index in [1.54, 1.807) is 49.6 Å². The van der Waals surface area contributed by atoms with Crippen LogP contribution < -0.4 is 25.6 Å². The van der Waals surface area contributed by atoms with Gasteiger partial charge >= 0.3 is 0 Å². The Balaban J connectivity index is 1.72. The summed E-state index contributed by atoms with van der Waals surface area (Å²) in [6, 6.07) is 21.0. The van der Waals surface area contributed by atoms with Crippen molar-refractivity contribution in [3.8, 4) is 11.5 Å². The smallest absolute Gasteiger partial charge is 0.271 e. The van der Waals surface area contributed by atoms with Crippen LogP contribution in [0.1, 0.15) is 20.7 Å². The van der Waals surface area contributed by atoms with Crippen LogP contribution in [0.3, 0.4) is 0 Å². The fourth-order valence-electron chi connectivity index (χ4n) is 2.70. The molecule has 0 aromatic heterocycles. The van der Waals surface area contributed by atoms with Crippen LogP contribution in [0.25, 0.3) is 0 Å². The van der Waals surface area contributed by atoms with Gasteiger partial charge in [-0.2, -0.15) is 0 Å². The predicted molar refractivity (Wildman–Crippen MR) is 111 cm³/mol. The van der Waals surface area contributed by atoms with Crippen LogP contribution in [0.5, 0.6) is 11.5 Å². The molecule has 0 saturated heterocycles. The van der Waals surface area contributed by atoms with Gasteiger partial charge in [-0.05, 0) is 42.5 Å². The molecule has 0 unspecified atom stereocenters. The number of amides is 2. The number of hydrogen-bond acceptors (Lipinski definition) is 5. The third kappa shape index (κ3) is 4.84. The summed E-state index contributed by atoms with van der Waals surface area (Å²) in [4.78, 5) is 24.9. The Morgan fingerprint density at radius 2 is 1.41 bits per heavy atom. The van der Waals surface area contributed by atoms with Gasteiger partial charge in [-0.15, -0.1) is 0 Å². The number of carbonyl (C=O) groups excluding carboxylic acids is 2. The molecule has 3 aromatic rings. The molecule has 0 heterocycles. The van der Waals surface area contributed by atoms with Crippen LogP contribution in [0, 0.1) is 0 Å². The molecular weight excluding hydrogens is 370 g/mol. The Hall–Kier alpha value is -4.00. The van der Waals surface area contributed by atoms with Crippen molar-refractivity contribution >= 4 is 23.2 Å². The van der Waals surface area contributed by atoms with Crippen molar-refractivity contribution in [1.82, 2.24) is 10.9 Å². The van der Waals surface area contributed by atoms with Crippen LogP contribution in [-0.4, -0.2) is 26.0 Å². The molecule has 148 valence electrons. The highest BCUT2D eigenvalue weighted by molar-refractivity contribution is 6.02. The topological polar surface area (TPSA) is 88.7 Å². The van der Waals surface area contributed by atoms with Crippen molar-refractivity contribution in [2.75, 3.05) is 19.5 Å². The summed E-state index contributed by atoms with van der Waals surface area (Å²) < 4.78 is 10.4. The molecular formula is C22H21N3O4. The molecule has 3 rings (SSSR count). The van der Waals surface area contributed by atoms with Gasteiger partial charge in [0.15, 0.2) is 0 Å². The number of anilines is 2. The first-order valence-electron chi connectivity index (χ1n) is 8.86. The van der Waals surface area contributed by atoms with Crippen LogP contribution >= 0.6 is 0 Å². The molecule has 2 amide bonds.